The van der Waals surface area contributed by atoms with Gasteiger partial charge in [0.05, 0.1) is 22.0 Å². The predicted octanol–water partition coefficient (Wildman–Crippen LogP) is 4.22. The third-order valence-electron chi connectivity index (χ3n) is 5.37. The first kappa shape index (κ1) is 20.6. The lowest BCUT2D eigenvalue weighted by molar-refractivity contribution is -0.121. The van der Waals surface area contributed by atoms with E-state index in [0.717, 1.165) is 29.6 Å². The van der Waals surface area contributed by atoms with Crippen molar-refractivity contribution in [3.05, 3.63) is 51.8 Å². The van der Waals surface area contributed by atoms with Crippen molar-refractivity contribution in [2.45, 2.75) is 32.2 Å². The quantitative estimate of drug-likeness (QED) is 0.654. The van der Waals surface area contributed by atoms with E-state index in [1.54, 1.807) is 40.0 Å². The van der Waals surface area contributed by atoms with Gasteiger partial charge in [-0.3, -0.25) is 14.3 Å². The van der Waals surface area contributed by atoms with Gasteiger partial charge < -0.3 is 10.2 Å². The molecular formula is C21H21Cl2N5O2. The van der Waals surface area contributed by atoms with Gasteiger partial charge in [0.2, 0.25) is 5.91 Å². The minimum Gasteiger partial charge on any atom is -0.327 e. The molecule has 0 bridgehead atoms. The number of rotatable bonds is 3. The average molecular weight is 446 g/mol. The summed E-state index contributed by atoms with van der Waals surface area (Å²) in [6.45, 7) is 2.39. The summed E-state index contributed by atoms with van der Waals surface area (Å²) in [5.74, 6) is -0.478. The van der Waals surface area contributed by atoms with Crippen LogP contribution < -0.4 is 5.32 Å². The van der Waals surface area contributed by atoms with Crippen molar-refractivity contribution in [3.63, 3.8) is 0 Å². The number of hydrogen-bond donors (Lipinski definition) is 1. The van der Waals surface area contributed by atoms with E-state index in [0.29, 0.717) is 34.3 Å². The van der Waals surface area contributed by atoms with E-state index in [-0.39, 0.29) is 11.8 Å². The van der Waals surface area contributed by atoms with Gasteiger partial charge >= 0.3 is 0 Å². The summed E-state index contributed by atoms with van der Waals surface area (Å²) in [4.78, 5) is 32.3. The third-order valence-corrected chi connectivity index (χ3v) is 5.91. The van der Waals surface area contributed by atoms with Crippen molar-refractivity contribution in [3.8, 4) is 0 Å². The minimum atomic E-state index is -0.580. The number of nitrogens with zero attached hydrogens (tertiary/aromatic N) is 4. The minimum absolute atomic E-state index is 0.213. The average Bonchev–Trinajstić information content (AvgIpc) is 3.02. The van der Waals surface area contributed by atoms with Gasteiger partial charge in [0.15, 0.2) is 5.65 Å². The number of piperidine rings is 1. The summed E-state index contributed by atoms with van der Waals surface area (Å²) in [6.07, 6.45) is 3.85. The van der Waals surface area contributed by atoms with E-state index in [9.17, 15) is 9.59 Å². The SMILES string of the molecule is Cc1nn(C)c2ncc(C(=O)N3CCCCC3C(=O)Nc3ccc(Cl)cc3Cl)cc12. The highest BCUT2D eigenvalue weighted by molar-refractivity contribution is 6.36. The molecule has 0 spiro atoms. The predicted molar refractivity (Wildman–Crippen MR) is 117 cm³/mol. The number of carbonyl (C=O) groups is 2. The van der Waals surface area contributed by atoms with Gasteiger partial charge in [0, 0.05) is 30.2 Å². The Kier molecular flexibility index (Phi) is 5.66. The zero-order valence-electron chi connectivity index (χ0n) is 16.7. The highest BCUT2D eigenvalue weighted by Gasteiger charge is 2.33. The number of nitrogens with one attached hydrogen (secondary N) is 1. The van der Waals surface area contributed by atoms with Gasteiger partial charge in [-0.25, -0.2) is 4.98 Å². The molecule has 0 radical (unpaired) electrons. The van der Waals surface area contributed by atoms with Crippen LogP contribution in [-0.2, 0) is 11.8 Å². The number of aryl methyl sites for hydroxylation is 2. The maximum absolute atomic E-state index is 13.3. The van der Waals surface area contributed by atoms with Crippen LogP contribution in [-0.4, -0.2) is 44.1 Å². The lowest BCUT2D eigenvalue weighted by Crippen LogP contribution is -2.50. The van der Waals surface area contributed by atoms with Crippen LogP contribution in [0.4, 0.5) is 5.69 Å². The van der Waals surface area contributed by atoms with Gasteiger partial charge in [-0.15, -0.1) is 0 Å². The van der Waals surface area contributed by atoms with Crippen LogP contribution in [0.2, 0.25) is 10.0 Å². The zero-order valence-corrected chi connectivity index (χ0v) is 18.2. The van der Waals surface area contributed by atoms with Gasteiger partial charge in [-0.05, 0) is 50.5 Å². The lowest BCUT2D eigenvalue weighted by Gasteiger charge is -2.34. The smallest absolute Gasteiger partial charge is 0.256 e. The number of anilines is 1. The molecule has 0 saturated carbocycles. The van der Waals surface area contributed by atoms with E-state index >= 15 is 0 Å². The monoisotopic (exact) mass is 445 g/mol. The molecule has 9 heteroatoms. The molecule has 1 saturated heterocycles. The molecule has 156 valence electrons. The highest BCUT2D eigenvalue weighted by Crippen LogP contribution is 2.27. The normalized spacial score (nSPS) is 16.7. The topological polar surface area (TPSA) is 80.1 Å². The molecule has 7 nitrogen and oxygen atoms in total. The largest absolute Gasteiger partial charge is 0.327 e. The number of amides is 2. The van der Waals surface area contributed by atoms with E-state index < -0.39 is 6.04 Å². The number of carbonyl (C=O) groups excluding carboxylic acids is 2. The number of pyridine rings is 1. The molecular weight excluding hydrogens is 425 g/mol. The first-order valence-corrected chi connectivity index (χ1v) is 10.5. The van der Waals surface area contributed by atoms with Crippen LogP contribution in [0, 0.1) is 6.92 Å². The Balaban J connectivity index is 1.59. The number of hydrogen-bond acceptors (Lipinski definition) is 4. The Morgan fingerprint density at radius 1 is 1.20 bits per heavy atom. The van der Waals surface area contributed by atoms with Crippen molar-refractivity contribution >= 4 is 51.7 Å². The van der Waals surface area contributed by atoms with Crippen molar-refractivity contribution in [1.82, 2.24) is 19.7 Å². The molecule has 1 aliphatic rings. The maximum Gasteiger partial charge on any atom is 0.256 e. The number of benzene rings is 1. The first-order chi connectivity index (χ1) is 14.3. The molecule has 1 unspecified atom stereocenters. The summed E-state index contributed by atoms with van der Waals surface area (Å²) in [7, 11) is 1.82. The standard InChI is InChI=1S/C21H21Cl2N5O2/c1-12-15-9-13(11-24-19(15)27(2)26-12)21(30)28-8-4-3-5-18(28)20(29)25-17-7-6-14(22)10-16(17)23/h6-7,9-11,18H,3-5,8H2,1-2H3,(H,25,29). The first-order valence-electron chi connectivity index (χ1n) is 9.71. The van der Waals surface area contributed by atoms with Crippen molar-refractivity contribution < 1.29 is 9.59 Å². The van der Waals surface area contributed by atoms with E-state index in [1.807, 2.05) is 14.0 Å². The number of likely N-dealkylation sites (tertiary alicyclic amines) is 1. The van der Waals surface area contributed by atoms with Crippen molar-refractivity contribution in [1.29, 1.82) is 0 Å². The van der Waals surface area contributed by atoms with Crippen LogP contribution in [0.3, 0.4) is 0 Å². The lowest BCUT2D eigenvalue weighted by atomic mass is 10.00. The van der Waals surface area contributed by atoms with E-state index in [1.165, 1.54) is 0 Å². The third kappa shape index (κ3) is 3.87. The Labute approximate surface area is 184 Å². The summed E-state index contributed by atoms with van der Waals surface area (Å²) in [5.41, 5.74) is 2.44. The van der Waals surface area contributed by atoms with Crippen LogP contribution in [0.5, 0.6) is 0 Å². The summed E-state index contributed by atoms with van der Waals surface area (Å²) in [6, 6.07) is 6.10. The fourth-order valence-corrected chi connectivity index (χ4v) is 4.30. The van der Waals surface area contributed by atoms with Crippen LogP contribution in [0.25, 0.3) is 11.0 Å². The van der Waals surface area contributed by atoms with E-state index in [2.05, 4.69) is 15.4 Å². The fraction of sp³-hybridized carbons (Fsp3) is 0.333. The molecule has 3 heterocycles. The van der Waals surface area contributed by atoms with E-state index in [4.69, 9.17) is 23.2 Å². The van der Waals surface area contributed by atoms with Gasteiger partial charge in [-0.2, -0.15) is 5.10 Å². The summed E-state index contributed by atoms with van der Waals surface area (Å²) >= 11 is 12.1. The molecule has 2 amide bonds. The van der Waals surface area contributed by atoms with Crippen LogP contribution >= 0.6 is 23.2 Å². The summed E-state index contributed by atoms with van der Waals surface area (Å²) < 4.78 is 1.69. The second-order valence-corrected chi connectivity index (χ2v) is 8.27. The Hall–Kier alpha value is -2.64. The Morgan fingerprint density at radius 2 is 2.00 bits per heavy atom. The van der Waals surface area contributed by atoms with Gasteiger partial charge in [-0.1, -0.05) is 23.2 Å². The summed E-state index contributed by atoms with van der Waals surface area (Å²) in [5, 5.41) is 8.85. The molecule has 4 rings (SSSR count). The molecule has 1 aromatic carbocycles. The molecule has 1 aliphatic heterocycles. The zero-order chi connectivity index (χ0) is 21.4. The number of fused-ring (bicyclic) bond motifs is 1. The second kappa shape index (κ2) is 8.24. The molecule has 1 N–H and O–H groups in total. The highest BCUT2D eigenvalue weighted by atomic mass is 35.5. The van der Waals surface area contributed by atoms with Crippen molar-refractivity contribution in [2.24, 2.45) is 7.05 Å². The van der Waals surface area contributed by atoms with Crippen molar-refractivity contribution in [2.75, 3.05) is 11.9 Å². The fourth-order valence-electron chi connectivity index (χ4n) is 3.84. The molecule has 0 aliphatic carbocycles. The molecule has 1 atom stereocenters. The molecule has 30 heavy (non-hydrogen) atoms. The Bertz CT molecular complexity index is 1140. The molecule has 1 fully saturated rings. The molecule has 2 aromatic heterocycles. The Morgan fingerprint density at radius 3 is 2.77 bits per heavy atom. The van der Waals surface area contributed by atoms with Gasteiger partial charge in [0.1, 0.15) is 6.04 Å². The van der Waals surface area contributed by atoms with Crippen LogP contribution in [0.1, 0.15) is 35.3 Å². The number of aromatic nitrogens is 3. The number of halogens is 2. The maximum atomic E-state index is 13.3. The van der Waals surface area contributed by atoms with Crippen LogP contribution in [0.15, 0.2) is 30.5 Å². The molecule has 3 aromatic rings. The second-order valence-electron chi connectivity index (χ2n) is 7.43. The van der Waals surface area contributed by atoms with Gasteiger partial charge in [0.25, 0.3) is 5.91 Å².